The number of rotatable bonds is 4. The summed E-state index contributed by atoms with van der Waals surface area (Å²) in [6.45, 7) is 4.79. The Balaban J connectivity index is 2.22. The van der Waals surface area contributed by atoms with E-state index in [1.165, 1.54) is 16.7 Å². The van der Waals surface area contributed by atoms with Crippen LogP contribution in [0.4, 0.5) is 0 Å². The quantitative estimate of drug-likeness (QED) is 0.620. The van der Waals surface area contributed by atoms with Gasteiger partial charge < -0.3 is 4.74 Å². The molecular formula is C16H16Br2O. The van der Waals surface area contributed by atoms with Crippen molar-refractivity contribution in [1.82, 2.24) is 0 Å². The van der Waals surface area contributed by atoms with Crippen molar-refractivity contribution in [3.63, 3.8) is 0 Å². The highest BCUT2D eigenvalue weighted by Crippen LogP contribution is 2.33. The van der Waals surface area contributed by atoms with Gasteiger partial charge in [-0.1, -0.05) is 56.1 Å². The zero-order valence-corrected chi connectivity index (χ0v) is 14.2. The van der Waals surface area contributed by atoms with E-state index < -0.39 is 0 Å². The third-order valence-corrected chi connectivity index (χ3v) is 4.91. The lowest BCUT2D eigenvalue weighted by Gasteiger charge is -2.13. The van der Waals surface area contributed by atoms with Gasteiger partial charge in [0.15, 0.2) is 0 Å². The van der Waals surface area contributed by atoms with Crippen LogP contribution in [0.3, 0.4) is 0 Å². The number of benzene rings is 2. The molecule has 0 spiro atoms. The highest BCUT2D eigenvalue weighted by molar-refractivity contribution is 9.10. The van der Waals surface area contributed by atoms with Gasteiger partial charge in [-0.15, -0.1) is 0 Å². The number of hydrogen-bond donors (Lipinski definition) is 0. The molecule has 2 aromatic rings. The molecule has 1 unspecified atom stereocenters. The summed E-state index contributed by atoms with van der Waals surface area (Å²) in [5, 5.41) is 0. The van der Waals surface area contributed by atoms with Crippen molar-refractivity contribution in [3.8, 4) is 5.75 Å². The fourth-order valence-electron chi connectivity index (χ4n) is 1.92. The van der Waals surface area contributed by atoms with Gasteiger partial charge in [0.1, 0.15) is 5.75 Å². The summed E-state index contributed by atoms with van der Waals surface area (Å²) in [6, 6.07) is 14.6. The molecule has 0 heterocycles. The van der Waals surface area contributed by atoms with Gasteiger partial charge >= 0.3 is 0 Å². The molecule has 3 heteroatoms. The fraction of sp³-hybridized carbons (Fsp3) is 0.250. The van der Waals surface area contributed by atoms with Crippen LogP contribution in [0.1, 0.15) is 28.4 Å². The van der Waals surface area contributed by atoms with Crippen molar-refractivity contribution < 1.29 is 4.74 Å². The first-order valence-electron chi connectivity index (χ1n) is 6.24. The Morgan fingerprint density at radius 1 is 1.05 bits per heavy atom. The average molecular weight is 384 g/mol. The number of hydrogen-bond acceptors (Lipinski definition) is 1. The lowest BCUT2D eigenvalue weighted by Crippen LogP contribution is -1.95. The molecule has 19 heavy (non-hydrogen) atoms. The van der Waals surface area contributed by atoms with Crippen molar-refractivity contribution >= 4 is 31.9 Å². The molecule has 0 aliphatic carbocycles. The molecular weight excluding hydrogens is 368 g/mol. The standard InChI is InChI=1S/C16H16Br2O/c1-3-19-14-7-4-12(5-8-14)16(18)13-6-9-15(17)11(2)10-13/h4-10,16H,3H2,1-2H3. The zero-order chi connectivity index (χ0) is 13.8. The SMILES string of the molecule is CCOc1ccc(C(Br)c2ccc(Br)c(C)c2)cc1. The van der Waals surface area contributed by atoms with E-state index in [0.29, 0.717) is 6.61 Å². The third kappa shape index (κ3) is 3.61. The Hall–Kier alpha value is -0.800. The molecule has 1 nitrogen and oxygen atoms in total. The Kier molecular flexibility index (Phi) is 5.06. The Bertz CT molecular complexity index is 549. The summed E-state index contributed by atoms with van der Waals surface area (Å²) in [4.78, 5) is 0.204. The van der Waals surface area contributed by atoms with Crippen molar-refractivity contribution in [2.75, 3.05) is 6.61 Å². The fourth-order valence-corrected chi connectivity index (χ4v) is 2.75. The molecule has 2 rings (SSSR count). The first-order chi connectivity index (χ1) is 9.11. The normalized spacial score (nSPS) is 12.2. The first kappa shape index (κ1) is 14.6. The summed E-state index contributed by atoms with van der Waals surface area (Å²) >= 11 is 7.29. The minimum absolute atomic E-state index is 0.204. The van der Waals surface area contributed by atoms with Gasteiger partial charge in [0, 0.05) is 4.47 Å². The van der Waals surface area contributed by atoms with Crippen LogP contribution in [0.25, 0.3) is 0 Å². The van der Waals surface area contributed by atoms with Crippen LogP contribution in [0, 0.1) is 6.92 Å². The molecule has 0 aliphatic heterocycles. The molecule has 100 valence electrons. The van der Waals surface area contributed by atoms with Gasteiger partial charge in [0.2, 0.25) is 0 Å². The molecule has 0 radical (unpaired) electrons. The van der Waals surface area contributed by atoms with E-state index in [1.54, 1.807) is 0 Å². The van der Waals surface area contributed by atoms with E-state index in [9.17, 15) is 0 Å². The largest absolute Gasteiger partial charge is 0.494 e. The van der Waals surface area contributed by atoms with Crippen LogP contribution in [-0.2, 0) is 0 Å². The van der Waals surface area contributed by atoms with Crippen molar-refractivity contribution in [2.45, 2.75) is 18.7 Å². The summed E-state index contributed by atoms with van der Waals surface area (Å²) in [7, 11) is 0. The van der Waals surface area contributed by atoms with Gasteiger partial charge in [-0.2, -0.15) is 0 Å². The molecule has 1 atom stereocenters. The second kappa shape index (κ2) is 6.58. The molecule has 0 fully saturated rings. The Morgan fingerprint density at radius 2 is 1.68 bits per heavy atom. The average Bonchev–Trinajstić information content (AvgIpc) is 2.42. The molecule has 0 aromatic heterocycles. The smallest absolute Gasteiger partial charge is 0.119 e. The molecule has 2 aromatic carbocycles. The molecule has 0 bridgehead atoms. The van der Waals surface area contributed by atoms with Crippen molar-refractivity contribution in [2.24, 2.45) is 0 Å². The third-order valence-electron chi connectivity index (χ3n) is 2.96. The van der Waals surface area contributed by atoms with Gasteiger partial charge in [-0.05, 0) is 48.7 Å². The number of aryl methyl sites for hydroxylation is 1. The van der Waals surface area contributed by atoms with Gasteiger partial charge in [0.25, 0.3) is 0 Å². The maximum atomic E-state index is 5.46. The predicted octanol–water partition coefficient (Wildman–Crippen LogP) is 5.64. The van der Waals surface area contributed by atoms with Crippen LogP contribution in [0.5, 0.6) is 5.75 Å². The van der Waals surface area contributed by atoms with E-state index >= 15 is 0 Å². The molecule has 0 aliphatic rings. The van der Waals surface area contributed by atoms with Crippen molar-refractivity contribution in [1.29, 1.82) is 0 Å². The summed E-state index contributed by atoms with van der Waals surface area (Å²) in [6.07, 6.45) is 0. The van der Waals surface area contributed by atoms with Crippen molar-refractivity contribution in [3.05, 3.63) is 63.6 Å². The van der Waals surface area contributed by atoms with Gasteiger partial charge in [-0.3, -0.25) is 0 Å². The zero-order valence-electron chi connectivity index (χ0n) is 11.0. The molecule has 0 saturated heterocycles. The summed E-state index contributed by atoms with van der Waals surface area (Å²) in [5.74, 6) is 0.915. The van der Waals surface area contributed by atoms with Crippen LogP contribution in [0.2, 0.25) is 0 Å². The highest BCUT2D eigenvalue weighted by atomic mass is 79.9. The second-order valence-corrected chi connectivity index (χ2v) is 6.14. The number of ether oxygens (including phenoxy) is 1. The second-order valence-electron chi connectivity index (χ2n) is 4.37. The molecule has 0 amide bonds. The van der Waals surface area contributed by atoms with E-state index in [0.717, 1.165) is 10.2 Å². The number of halogens is 2. The van der Waals surface area contributed by atoms with Crippen LogP contribution >= 0.6 is 31.9 Å². The van der Waals surface area contributed by atoms with E-state index in [1.807, 2.05) is 19.1 Å². The Morgan fingerprint density at radius 3 is 2.26 bits per heavy atom. The molecule has 0 saturated carbocycles. The van der Waals surface area contributed by atoms with E-state index in [2.05, 4.69) is 69.1 Å². The highest BCUT2D eigenvalue weighted by Gasteiger charge is 2.11. The van der Waals surface area contributed by atoms with Gasteiger partial charge in [-0.25, -0.2) is 0 Å². The van der Waals surface area contributed by atoms with Crippen LogP contribution in [0.15, 0.2) is 46.9 Å². The lowest BCUT2D eigenvalue weighted by molar-refractivity contribution is 0.340. The number of alkyl halides is 1. The van der Waals surface area contributed by atoms with E-state index in [-0.39, 0.29) is 4.83 Å². The topological polar surface area (TPSA) is 9.23 Å². The maximum absolute atomic E-state index is 5.46. The minimum atomic E-state index is 0.204. The monoisotopic (exact) mass is 382 g/mol. The first-order valence-corrected chi connectivity index (χ1v) is 7.95. The van der Waals surface area contributed by atoms with Crippen LogP contribution < -0.4 is 4.74 Å². The summed E-state index contributed by atoms with van der Waals surface area (Å²) < 4.78 is 6.60. The Labute approximate surface area is 131 Å². The lowest BCUT2D eigenvalue weighted by atomic mass is 10.0. The minimum Gasteiger partial charge on any atom is -0.494 e. The molecule has 0 N–H and O–H groups in total. The predicted molar refractivity (Wildman–Crippen MR) is 87.3 cm³/mol. The van der Waals surface area contributed by atoms with Crippen LogP contribution in [-0.4, -0.2) is 6.61 Å². The summed E-state index contributed by atoms with van der Waals surface area (Å²) in [5.41, 5.74) is 3.72. The van der Waals surface area contributed by atoms with E-state index in [4.69, 9.17) is 4.74 Å². The van der Waals surface area contributed by atoms with Gasteiger partial charge in [0.05, 0.1) is 11.4 Å². The maximum Gasteiger partial charge on any atom is 0.119 e.